The largest absolute Gasteiger partial charge is 0.370 e. The SMILES string of the molecule is CCCc1nc(Cc2ccccn2)cc(NCC)n1. The molecule has 4 nitrogen and oxygen atoms in total. The van der Waals surface area contributed by atoms with Crippen LogP contribution in [0.15, 0.2) is 30.5 Å². The Morgan fingerprint density at radius 2 is 2.00 bits per heavy atom. The van der Waals surface area contributed by atoms with Crippen molar-refractivity contribution in [1.29, 1.82) is 0 Å². The Morgan fingerprint density at radius 3 is 2.68 bits per heavy atom. The van der Waals surface area contributed by atoms with Crippen LogP contribution in [-0.4, -0.2) is 21.5 Å². The van der Waals surface area contributed by atoms with Crippen molar-refractivity contribution in [3.8, 4) is 0 Å². The molecule has 2 aromatic rings. The summed E-state index contributed by atoms with van der Waals surface area (Å²) < 4.78 is 0. The van der Waals surface area contributed by atoms with Crippen LogP contribution in [0.4, 0.5) is 5.82 Å². The lowest BCUT2D eigenvalue weighted by Crippen LogP contribution is -2.07. The van der Waals surface area contributed by atoms with E-state index in [0.717, 1.165) is 48.8 Å². The van der Waals surface area contributed by atoms with Crippen LogP contribution in [0.1, 0.15) is 37.5 Å². The molecular weight excluding hydrogens is 236 g/mol. The Bertz CT molecular complexity index is 487. The van der Waals surface area contributed by atoms with Gasteiger partial charge in [0.05, 0.1) is 5.69 Å². The quantitative estimate of drug-likeness (QED) is 0.863. The first-order valence-electron chi connectivity index (χ1n) is 6.82. The minimum absolute atomic E-state index is 0.748. The molecule has 0 saturated heterocycles. The van der Waals surface area contributed by atoms with Gasteiger partial charge in [-0.15, -0.1) is 0 Å². The molecule has 0 fully saturated rings. The molecule has 4 heteroatoms. The third kappa shape index (κ3) is 4.02. The van der Waals surface area contributed by atoms with Gasteiger partial charge in [0, 0.05) is 37.3 Å². The van der Waals surface area contributed by atoms with Crippen molar-refractivity contribution in [1.82, 2.24) is 15.0 Å². The predicted molar refractivity (Wildman–Crippen MR) is 77.2 cm³/mol. The number of hydrogen-bond donors (Lipinski definition) is 1. The number of nitrogens with zero attached hydrogens (tertiary/aromatic N) is 3. The lowest BCUT2D eigenvalue weighted by molar-refractivity contribution is 0.815. The standard InChI is InChI=1S/C15H20N4/c1-3-7-14-18-13(11-15(19-14)16-4-2)10-12-8-5-6-9-17-12/h5-6,8-9,11H,3-4,7,10H2,1-2H3,(H,16,18,19). The van der Waals surface area contributed by atoms with Crippen LogP contribution in [0.25, 0.3) is 0 Å². The van der Waals surface area contributed by atoms with Crippen LogP contribution in [0, 0.1) is 0 Å². The average molecular weight is 256 g/mol. The van der Waals surface area contributed by atoms with Crippen molar-refractivity contribution in [3.63, 3.8) is 0 Å². The van der Waals surface area contributed by atoms with Crippen LogP contribution in [0.5, 0.6) is 0 Å². The molecule has 19 heavy (non-hydrogen) atoms. The summed E-state index contributed by atoms with van der Waals surface area (Å²) in [6.45, 7) is 5.08. The van der Waals surface area contributed by atoms with Crippen molar-refractivity contribution in [2.75, 3.05) is 11.9 Å². The third-order valence-electron chi connectivity index (χ3n) is 2.75. The molecule has 0 aromatic carbocycles. The van der Waals surface area contributed by atoms with E-state index in [4.69, 9.17) is 0 Å². The maximum Gasteiger partial charge on any atom is 0.131 e. The summed E-state index contributed by atoms with van der Waals surface area (Å²) in [6.07, 6.45) is 4.53. The highest BCUT2D eigenvalue weighted by molar-refractivity contribution is 5.37. The van der Waals surface area contributed by atoms with E-state index in [1.807, 2.05) is 30.5 Å². The van der Waals surface area contributed by atoms with Crippen molar-refractivity contribution in [2.24, 2.45) is 0 Å². The predicted octanol–water partition coefficient (Wildman–Crippen LogP) is 2.85. The zero-order valence-electron chi connectivity index (χ0n) is 11.6. The second kappa shape index (κ2) is 6.83. The molecule has 0 aliphatic heterocycles. The molecule has 0 saturated carbocycles. The van der Waals surface area contributed by atoms with E-state index in [9.17, 15) is 0 Å². The lowest BCUT2D eigenvalue weighted by atomic mass is 10.2. The van der Waals surface area contributed by atoms with E-state index >= 15 is 0 Å². The lowest BCUT2D eigenvalue weighted by Gasteiger charge is -2.08. The van der Waals surface area contributed by atoms with Gasteiger partial charge in [0.15, 0.2) is 0 Å². The van der Waals surface area contributed by atoms with Crippen molar-refractivity contribution in [2.45, 2.75) is 33.1 Å². The first kappa shape index (κ1) is 13.5. The molecule has 0 aliphatic rings. The van der Waals surface area contributed by atoms with Gasteiger partial charge >= 0.3 is 0 Å². The fraction of sp³-hybridized carbons (Fsp3) is 0.400. The molecule has 100 valence electrons. The number of aryl methyl sites for hydroxylation is 1. The molecule has 2 rings (SSSR count). The monoisotopic (exact) mass is 256 g/mol. The Hall–Kier alpha value is -1.97. The highest BCUT2D eigenvalue weighted by Gasteiger charge is 2.05. The zero-order valence-corrected chi connectivity index (χ0v) is 11.6. The molecule has 0 amide bonds. The van der Waals surface area contributed by atoms with Crippen LogP contribution < -0.4 is 5.32 Å². The van der Waals surface area contributed by atoms with Crippen molar-refractivity contribution < 1.29 is 0 Å². The third-order valence-corrected chi connectivity index (χ3v) is 2.75. The highest BCUT2D eigenvalue weighted by Crippen LogP contribution is 2.11. The minimum atomic E-state index is 0.748. The van der Waals surface area contributed by atoms with Gasteiger partial charge in [0.1, 0.15) is 11.6 Å². The van der Waals surface area contributed by atoms with E-state index < -0.39 is 0 Å². The zero-order chi connectivity index (χ0) is 13.5. The van der Waals surface area contributed by atoms with Gasteiger partial charge in [-0.05, 0) is 25.5 Å². The Balaban J connectivity index is 2.23. The van der Waals surface area contributed by atoms with Crippen LogP contribution in [0.3, 0.4) is 0 Å². The molecule has 0 spiro atoms. The summed E-state index contributed by atoms with van der Waals surface area (Å²) in [7, 11) is 0. The number of nitrogens with one attached hydrogen (secondary N) is 1. The summed E-state index contributed by atoms with van der Waals surface area (Å²) in [4.78, 5) is 13.5. The Labute approximate surface area is 114 Å². The number of pyridine rings is 1. The van der Waals surface area contributed by atoms with Crippen molar-refractivity contribution in [3.05, 3.63) is 47.7 Å². The number of rotatable bonds is 6. The highest BCUT2D eigenvalue weighted by atomic mass is 15.0. The Kier molecular flexibility index (Phi) is 4.84. The fourth-order valence-electron chi connectivity index (χ4n) is 1.94. The van der Waals surface area contributed by atoms with Gasteiger partial charge in [-0.25, -0.2) is 9.97 Å². The molecule has 2 heterocycles. The molecule has 0 radical (unpaired) electrons. The van der Waals surface area contributed by atoms with Gasteiger partial charge in [-0.2, -0.15) is 0 Å². The van der Waals surface area contributed by atoms with Gasteiger partial charge in [0.25, 0.3) is 0 Å². The first-order chi connectivity index (χ1) is 9.31. The second-order valence-electron chi connectivity index (χ2n) is 4.44. The second-order valence-corrected chi connectivity index (χ2v) is 4.44. The van der Waals surface area contributed by atoms with E-state index in [0.29, 0.717) is 0 Å². The topological polar surface area (TPSA) is 50.7 Å². The molecular formula is C15H20N4. The van der Waals surface area contributed by atoms with Crippen molar-refractivity contribution >= 4 is 5.82 Å². The van der Waals surface area contributed by atoms with Gasteiger partial charge in [-0.1, -0.05) is 13.0 Å². The Morgan fingerprint density at radius 1 is 1.11 bits per heavy atom. The summed E-state index contributed by atoms with van der Waals surface area (Å²) in [5.74, 6) is 1.82. The number of anilines is 1. The number of hydrogen-bond acceptors (Lipinski definition) is 4. The molecule has 0 bridgehead atoms. The smallest absolute Gasteiger partial charge is 0.131 e. The average Bonchev–Trinajstić information content (AvgIpc) is 2.40. The summed E-state index contributed by atoms with van der Waals surface area (Å²) in [5, 5.41) is 3.26. The van der Waals surface area contributed by atoms with E-state index in [-0.39, 0.29) is 0 Å². The molecule has 2 aromatic heterocycles. The molecule has 1 N–H and O–H groups in total. The summed E-state index contributed by atoms with van der Waals surface area (Å²) in [6, 6.07) is 7.96. The first-order valence-corrected chi connectivity index (χ1v) is 6.82. The van der Waals surface area contributed by atoms with Gasteiger partial charge in [-0.3, -0.25) is 4.98 Å². The molecule has 0 unspecified atom stereocenters. The minimum Gasteiger partial charge on any atom is -0.370 e. The maximum absolute atomic E-state index is 4.61. The molecule has 0 aliphatic carbocycles. The summed E-state index contributed by atoms with van der Waals surface area (Å²) >= 11 is 0. The van der Waals surface area contributed by atoms with Crippen LogP contribution in [-0.2, 0) is 12.8 Å². The van der Waals surface area contributed by atoms with Crippen LogP contribution >= 0.6 is 0 Å². The number of aromatic nitrogens is 3. The van der Waals surface area contributed by atoms with E-state index in [2.05, 4.69) is 34.1 Å². The maximum atomic E-state index is 4.61. The van der Waals surface area contributed by atoms with E-state index in [1.54, 1.807) is 0 Å². The summed E-state index contributed by atoms with van der Waals surface area (Å²) in [5.41, 5.74) is 2.05. The fourth-order valence-corrected chi connectivity index (χ4v) is 1.94. The van der Waals surface area contributed by atoms with Gasteiger partial charge in [0.2, 0.25) is 0 Å². The van der Waals surface area contributed by atoms with Crippen LogP contribution in [0.2, 0.25) is 0 Å². The van der Waals surface area contributed by atoms with Gasteiger partial charge < -0.3 is 5.32 Å². The molecule has 0 atom stereocenters. The van der Waals surface area contributed by atoms with E-state index in [1.165, 1.54) is 0 Å². The normalized spacial score (nSPS) is 10.4.